The number of nitrogens with zero attached hydrogens (tertiary/aromatic N) is 3. The number of hydrogen-bond acceptors (Lipinski definition) is 7. The van der Waals surface area contributed by atoms with Gasteiger partial charge < -0.3 is 14.8 Å². The first-order valence-electron chi connectivity index (χ1n) is 14.2. The van der Waals surface area contributed by atoms with E-state index in [-0.39, 0.29) is 12.4 Å². The van der Waals surface area contributed by atoms with E-state index in [4.69, 9.17) is 14.6 Å². The first kappa shape index (κ1) is 29.2. The zero-order valence-corrected chi connectivity index (χ0v) is 25.2. The summed E-state index contributed by atoms with van der Waals surface area (Å²) in [5.41, 5.74) is 5.51. The molecule has 7 nitrogen and oxygen atoms in total. The van der Waals surface area contributed by atoms with Crippen LogP contribution < -0.4 is 10.1 Å². The Balaban J connectivity index is 1.31. The fraction of sp³-hybridized carbons (Fsp3) is 0.171. The van der Waals surface area contributed by atoms with Gasteiger partial charge in [-0.2, -0.15) is 4.98 Å². The number of halogens is 1. The molecule has 2 heterocycles. The molecular weight excluding hydrogens is 575 g/mol. The molecular formula is C35H31FN4O3S. The normalized spacial score (nSPS) is 14.1. The highest BCUT2D eigenvalue weighted by atomic mass is 32.2. The predicted octanol–water partition coefficient (Wildman–Crippen LogP) is 7.63. The Morgan fingerprint density at radius 3 is 2.45 bits per heavy atom. The molecule has 0 bridgehead atoms. The molecule has 0 saturated carbocycles. The van der Waals surface area contributed by atoms with Gasteiger partial charge in [0, 0.05) is 11.4 Å². The van der Waals surface area contributed by atoms with Crippen molar-refractivity contribution in [3.05, 3.63) is 148 Å². The Morgan fingerprint density at radius 2 is 1.66 bits per heavy atom. The first-order valence-corrected chi connectivity index (χ1v) is 15.2. The molecule has 1 unspecified atom stereocenters. The number of anilines is 1. The summed E-state index contributed by atoms with van der Waals surface area (Å²) in [5.74, 6) is 0.769. The average molecular weight is 607 g/mol. The summed E-state index contributed by atoms with van der Waals surface area (Å²) >= 11 is 1.32. The van der Waals surface area contributed by atoms with Crippen LogP contribution in [0, 0.1) is 12.7 Å². The number of benzene rings is 4. The quantitative estimate of drug-likeness (QED) is 0.129. The summed E-state index contributed by atoms with van der Waals surface area (Å²) in [6.45, 7) is 4.43. The number of esters is 1. The van der Waals surface area contributed by atoms with E-state index in [1.165, 1.54) is 17.8 Å². The van der Waals surface area contributed by atoms with Gasteiger partial charge in [0.2, 0.25) is 11.1 Å². The molecule has 0 spiro atoms. The van der Waals surface area contributed by atoms with Crippen molar-refractivity contribution in [2.45, 2.75) is 44.0 Å². The number of aryl methyl sites for hydroxylation is 1. The molecule has 9 heteroatoms. The van der Waals surface area contributed by atoms with Gasteiger partial charge in [-0.15, -0.1) is 5.10 Å². The van der Waals surface area contributed by atoms with E-state index in [9.17, 15) is 9.18 Å². The number of nitrogens with one attached hydrogen (secondary N) is 1. The lowest BCUT2D eigenvalue weighted by Gasteiger charge is -2.28. The smallest absolute Gasteiger partial charge is 0.338 e. The highest BCUT2D eigenvalue weighted by molar-refractivity contribution is 7.98. The molecule has 0 aliphatic carbocycles. The number of allylic oxidation sites excluding steroid dienone is 1. The number of carbonyl (C=O) groups is 1. The van der Waals surface area contributed by atoms with Crippen LogP contribution in [0.1, 0.15) is 40.8 Å². The Morgan fingerprint density at radius 1 is 0.909 bits per heavy atom. The third kappa shape index (κ3) is 6.53. The zero-order chi connectivity index (χ0) is 30.5. The molecule has 0 fully saturated rings. The van der Waals surface area contributed by atoms with E-state index >= 15 is 0 Å². The largest absolute Gasteiger partial charge is 0.489 e. The second-order valence-corrected chi connectivity index (χ2v) is 11.4. The van der Waals surface area contributed by atoms with Crippen molar-refractivity contribution in [1.82, 2.24) is 14.8 Å². The summed E-state index contributed by atoms with van der Waals surface area (Å²) < 4.78 is 28.0. The van der Waals surface area contributed by atoms with Crippen molar-refractivity contribution in [3.63, 3.8) is 0 Å². The number of thioether (sulfide) groups is 1. The molecule has 1 aliphatic rings. The molecule has 5 aromatic rings. The molecule has 44 heavy (non-hydrogen) atoms. The highest BCUT2D eigenvalue weighted by Gasteiger charge is 2.35. The average Bonchev–Trinajstić information content (AvgIpc) is 3.45. The van der Waals surface area contributed by atoms with E-state index in [1.54, 1.807) is 22.9 Å². The van der Waals surface area contributed by atoms with Gasteiger partial charge in [-0.25, -0.2) is 13.9 Å². The van der Waals surface area contributed by atoms with Crippen molar-refractivity contribution in [2.24, 2.45) is 0 Å². The molecule has 4 aromatic carbocycles. The molecule has 222 valence electrons. The van der Waals surface area contributed by atoms with Gasteiger partial charge in [-0.1, -0.05) is 96.7 Å². The summed E-state index contributed by atoms with van der Waals surface area (Å²) in [6.07, 6.45) is 0. The number of rotatable bonds is 10. The molecule has 1 N–H and O–H groups in total. The van der Waals surface area contributed by atoms with Crippen molar-refractivity contribution in [1.29, 1.82) is 0 Å². The first-order chi connectivity index (χ1) is 21.5. The van der Waals surface area contributed by atoms with Gasteiger partial charge in [-0.3, -0.25) is 0 Å². The van der Waals surface area contributed by atoms with Crippen LogP contribution in [0.5, 0.6) is 5.75 Å². The SMILES string of the molecule is CC1=C(C(=O)OCc2ccccc2)C(c2cccc(OCc3ccccc3C)c2)n2nc(SCc3ccccc3F)nc2N1. The van der Waals surface area contributed by atoms with Crippen molar-refractivity contribution in [3.8, 4) is 5.75 Å². The standard InChI is InChI=1S/C35H31FN4O3S/c1-23-11-6-7-14-27(23)21-42-29-17-10-16-26(19-29)32-31(33(41)43-20-25-12-4-3-5-13-25)24(2)37-34-38-35(39-40(32)34)44-22-28-15-8-9-18-30(28)36/h3-19,32H,20-22H2,1-2H3,(H,37,38,39). The number of hydrogen-bond donors (Lipinski definition) is 1. The lowest BCUT2D eigenvalue weighted by molar-refractivity contribution is -0.140. The molecule has 1 atom stereocenters. The van der Waals surface area contributed by atoms with E-state index in [0.717, 1.165) is 22.3 Å². The summed E-state index contributed by atoms with van der Waals surface area (Å²) in [4.78, 5) is 18.4. The van der Waals surface area contributed by atoms with Crippen LogP contribution in [0.4, 0.5) is 10.3 Å². The molecule has 0 saturated heterocycles. The maximum absolute atomic E-state index is 14.3. The Bertz CT molecular complexity index is 1820. The van der Waals surface area contributed by atoms with E-state index in [1.807, 2.05) is 79.7 Å². The minimum Gasteiger partial charge on any atom is -0.489 e. The van der Waals surface area contributed by atoms with Crippen molar-refractivity contribution < 1.29 is 18.7 Å². The molecule has 0 radical (unpaired) electrons. The van der Waals surface area contributed by atoms with Crippen LogP contribution >= 0.6 is 11.8 Å². The minimum atomic E-state index is -0.633. The predicted molar refractivity (Wildman–Crippen MR) is 169 cm³/mol. The van der Waals surface area contributed by atoms with Gasteiger partial charge in [-0.05, 0) is 59.9 Å². The lowest BCUT2D eigenvalue weighted by atomic mass is 9.95. The van der Waals surface area contributed by atoms with Crippen LogP contribution in [0.2, 0.25) is 0 Å². The molecule has 1 aromatic heterocycles. The van der Waals surface area contributed by atoms with Crippen LogP contribution in [0.25, 0.3) is 0 Å². The summed E-state index contributed by atoms with van der Waals surface area (Å²) in [7, 11) is 0. The van der Waals surface area contributed by atoms with Gasteiger partial charge in [0.15, 0.2) is 0 Å². The number of fused-ring (bicyclic) bond motifs is 1. The Kier molecular flexibility index (Phi) is 8.74. The van der Waals surface area contributed by atoms with Crippen molar-refractivity contribution in [2.75, 3.05) is 5.32 Å². The Hall–Kier alpha value is -4.89. The van der Waals surface area contributed by atoms with Gasteiger partial charge in [0.25, 0.3) is 0 Å². The maximum Gasteiger partial charge on any atom is 0.338 e. The van der Waals surface area contributed by atoms with Crippen LogP contribution in [-0.4, -0.2) is 20.7 Å². The second kappa shape index (κ2) is 13.2. The third-order valence-corrected chi connectivity index (χ3v) is 8.30. The fourth-order valence-electron chi connectivity index (χ4n) is 5.03. The van der Waals surface area contributed by atoms with Gasteiger partial charge in [0.05, 0.1) is 5.57 Å². The maximum atomic E-state index is 14.3. The lowest BCUT2D eigenvalue weighted by Crippen LogP contribution is -2.29. The molecule has 1 aliphatic heterocycles. The number of carbonyl (C=O) groups excluding carboxylic acids is 1. The monoisotopic (exact) mass is 606 g/mol. The van der Waals surface area contributed by atoms with Crippen LogP contribution in [0.15, 0.2) is 120 Å². The summed E-state index contributed by atoms with van der Waals surface area (Å²) in [6, 6.07) is 31.3. The van der Waals surface area contributed by atoms with E-state index in [0.29, 0.717) is 46.0 Å². The fourth-order valence-corrected chi connectivity index (χ4v) is 5.85. The number of ether oxygens (including phenoxy) is 2. The highest BCUT2D eigenvalue weighted by Crippen LogP contribution is 2.38. The van der Waals surface area contributed by atoms with Crippen LogP contribution in [0.3, 0.4) is 0 Å². The topological polar surface area (TPSA) is 78.3 Å². The van der Waals surface area contributed by atoms with Gasteiger partial charge in [0.1, 0.15) is 30.8 Å². The van der Waals surface area contributed by atoms with Crippen molar-refractivity contribution >= 4 is 23.7 Å². The zero-order valence-electron chi connectivity index (χ0n) is 24.4. The van der Waals surface area contributed by atoms with E-state index in [2.05, 4.69) is 23.3 Å². The molecule has 6 rings (SSSR count). The second-order valence-electron chi connectivity index (χ2n) is 10.5. The minimum absolute atomic E-state index is 0.136. The molecule has 0 amide bonds. The van der Waals surface area contributed by atoms with Gasteiger partial charge >= 0.3 is 5.97 Å². The van der Waals surface area contributed by atoms with E-state index < -0.39 is 12.0 Å². The third-order valence-electron chi connectivity index (χ3n) is 7.41. The van der Waals surface area contributed by atoms with Crippen LogP contribution in [-0.2, 0) is 28.5 Å². The number of aromatic nitrogens is 3. The summed E-state index contributed by atoms with van der Waals surface area (Å²) in [5, 5.41) is 8.47. The Labute approximate surface area is 259 Å².